The highest BCUT2D eigenvalue weighted by atomic mass is 19.1. The van der Waals surface area contributed by atoms with E-state index in [0.29, 0.717) is 18.4 Å². The van der Waals surface area contributed by atoms with E-state index in [0.717, 1.165) is 6.42 Å². The Morgan fingerprint density at radius 1 is 1.52 bits per heavy atom. The minimum absolute atomic E-state index is 0.0244. The van der Waals surface area contributed by atoms with Crippen LogP contribution in [0.1, 0.15) is 31.7 Å². The maximum absolute atomic E-state index is 13.9. The fraction of sp³-hybridized carbons (Fsp3) is 0.438. The van der Waals surface area contributed by atoms with Gasteiger partial charge in [0.2, 0.25) is 0 Å². The Balaban J connectivity index is 2.01. The van der Waals surface area contributed by atoms with Gasteiger partial charge in [0.25, 0.3) is 5.91 Å². The molecule has 1 aromatic rings. The van der Waals surface area contributed by atoms with Crippen molar-refractivity contribution in [3.8, 4) is 11.8 Å². The largest absolute Gasteiger partial charge is 0.395 e. The van der Waals surface area contributed by atoms with E-state index in [-0.39, 0.29) is 24.3 Å². The molecule has 1 amide bonds. The topological polar surface area (TPSA) is 58.6 Å². The molecule has 0 radical (unpaired) electrons. The van der Waals surface area contributed by atoms with Crippen LogP contribution in [0.5, 0.6) is 0 Å². The van der Waals surface area contributed by atoms with Gasteiger partial charge in [-0.3, -0.25) is 4.79 Å². The molecule has 2 rings (SSSR count). The molecule has 1 aromatic carbocycles. The molecule has 4 nitrogen and oxygen atoms in total. The number of benzene rings is 1. The van der Waals surface area contributed by atoms with Crippen molar-refractivity contribution in [1.82, 2.24) is 0 Å². The molecule has 0 spiro atoms. The van der Waals surface area contributed by atoms with Crippen molar-refractivity contribution >= 4 is 11.6 Å². The van der Waals surface area contributed by atoms with Crippen LogP contribution >= 0.6 is 0 Å². The summed E-state index contributed by atoms with van der Waals surface area (Å²) in [7, 11) is 0. The highest BCUT2D eigenvalue weighted by molar-refractivity contribution is 5.94. The zero-order valence-corrected chi connectivity index (χ0v) is 11.9. The van der Waals surface area contributed by atoms with Crippen molar-refractivity contribution in [3.05, 3.63) is 29.6 Å². The molecule has 1 fully saturated rings. The molecule has 21 heavy (non-hydrogen) atoms. The first-order valence-electron chi connectivity index (χ1n) is 6.95. The van der Waals surface area contributed by atoms with E-state index >= 15 is 0 Å². The van der Waals surface area contributed by atoms with Crippen LogP contribution in [-0.4, -0.2) is 29.8 Å². The second-order valence-corrected chi connectivity index (χ2v) is 4.97. The predicted octanol–water partition coefficient (Wildman–Crippen LogP) is 2.07. The summed E-state index contributed by atoms with van der Waals surface area (Å²) in [6, 6.07) is 4.37. The number of hydrogen-bond acceptors (Lipinski definition) is 3. The number of rotatable bonds is 3. The van der Waals surface area contributed by atoms with Gasteiger partial charge in [-0.15, -0.1) is 0 Å². The lowest BCUT2D eigenvalue weighted by molar-refractivity contribution is -0.126. The molecular weight excluding hydrogens is 273 g/mol. The van der Waals surface area contributed by atoms with Gasteiger partial charge in [-0.1, -0.05) is 11.8 Å². The number of carbonyl (C=O) groups excluding carboxylic acids is 1. The van der Waals surface area contributed by atoms with Crippen LogP contribution < -0.4 is 5.32 Å². The number of aliphatic hydroxyl groups is 1. The minimum Gasteiger partial charge on any atom is -0.395 e. The molecule has 1 saturated heterocycles. The summed E-state index contributed by atoms with van der Waals surface area (Å²) in [5.41, 5.74) is 0.626. The molecular formula is C16H18FNO3. The lowest BCUT2D eigenvalue weighted by atomic mass is 10.1. The molecule has 2 atom stereocenters. The number of carbonyl (C=O) groups is 1. The first kappa shape index (κ1) is 15.5. The SMILES string of the molecule is CC1CCC(C(=O)Nc2ccc(C#CCCO)cc2F)O1. The van der Waals surface area contributed by atoms with E-state index < -0.39 is 11.9 Å². The molecule has 0 aliphatic carbocycles. The van der Waals surface area contributed by atoms with E-state index in [2.05, 4.69) is 17.2 Å². The second kappa shape index (κ2) is 7.21. The summed E-state index contributed by atoms with van der Waals surface area (Å²) in [6.45, 7) is 1.89. The lowest BCUT2D eigenvalue weighted by Crippen LogP contribution is -2.28. The third-order valence-electron chi connectivity index (χ3n) is 3.22. The van der Waals surface area contributed by atoms with Gasteiger partial charge in [-0.25, -0.2) is 4.39 Å². The molecule has 1 aliphatic rings. The van der Waals surface area contributed by atoms with Crippen molar-refractivity contribution in [1.29, 1.82) is 0 Å². The third-order valence-corrected chi connectivity index (χ3v) is 3.22. The Morgan fingerprint density at radius 3 is 2.95 bits per heavy atom. The summed E-state index contributed by atoms with van der Waals surface area (Å²) in [6.07, 6.45) is 1.38. The Morgan fingerprint density at radius 2 is 2.33 bits per heavy atom. The average molecular weight is 291 g/mol. The minimum atomic E-state index is -0.537. The maximum atomic E-state index is 13.9. The molecule has 112 valence electrons. The lowest BCUT2D eigenvalue weighted by Gasteiger charge is -2.12. The molecule has 0 aromatic heterocycles. The standard InChI is InChI=1S/C16H18FNO3/c1-11-5-8-15(21-11)16(20)18-14-7-6-12(10-13(14)17)4-2-3-9-19/h6-7,10-11,15,19H,3,5,8-9H2,1H3,(H,18,20). The van der Waals surface area contributed by atoms with Gasteiger partial charge in [0.1, 0.15) is 11.9 Å². The Bertz CT molecular complexity index is 577. The van der Waals surface area contributed by atoms with Gasteiger partial charge in [-0.05, 0) is 38.0 Å². The quantitative estimate of drug-likeness (QED) is 0.838. The molecule has 0 saturated carbocycles. The predicted molar refractivity (Wildman–Crippen MR) is 77.2 cm³/mol. The van der Waals surface area contributed by atoms with Gasteiger partial charge in [0.15, 0.2) is 0 Å². The highest BCUT2D eigenvalue weighted by Gasteiger charge is 2.28. The Kier molecular flexibility index (Phi) is 5.32. The number of hydrogen-bond donors (Lipinski definition) is 2. The van der Waals surface area contributed by atoms with E-state index in [1.165, 1.54) is 12.1 Å². The van der Waals surface area contributed by atoms with Crippen molar-refractivity contribution in [2.24, 2.45) is 0 Å². The Hall–Kier alpha value is -1.90. The van der Waals surface area contributed by atoms with E-state index in [9.17, 15) is 9.18 Å². The number of ether oxygens (including phenoxy) is 1. The molecule has 2 unspecified atom stereocenters. The summed E-state index contributed by atoms with van der Waals surface area (Å²) >= 11 is 0. The van der Waals surface area contributed by atoms with Gasteiger partial charge in [0, 0.05) is 12.0 Å². The number of anilines is 1. The van der Waals surface area contributed by atoms with Gasteiger partial charge < -0.3 is 15.2 Å². The zero-order valence-electron chi connectivity index (χ0n) is 11.9. The highest BCUT2D eigenvalue weighted by Crippen LogP contribution is 2.22. The van der Waals surface area contributed by atoms with Gasteiger partial charge >= 0.3 is 0 Å². The molecule has 1 heterocycles. The molecule has 2 N–H and O–H groups in total. The van der Waals surface area contributed by atoms with Gasteiger partial charge in [0.05, 0.1) is 18.4 Å². The van der Waals surface area contributed by atoms with Crippen LogP contribution in [-0.2, 0) is 9.53 Å². The Labute approximate surface area is 123 Å². The summed E-state index contributed by atoms with van der Waals surface area (Å²) in [4.78, 5) is 11.9. The molecule has 0 bridgehead atoms. The first-order chi connectivity index (χ1) is 10.1. The summed E-state index contributed by atoms with van der Waals surface area (Å²) in [5, 5.41) is 11.2. The van der Waals surface area contributed by atoms with Crippen LogP contribution in [0.25, 0.3) is 0 Å². The van der Waals surface area contributed by atoms with Crippen LogP contribution in [0, 0.1) is 17.7 Å². The smallest absolute Gasteiger partial charge is 0.253 e. The normalized spacial score (nSPS) is 20.7. The first-order valence-corrected chi connectivity index (χ1v) is 6.95. The van der Waals surface area contributed by atoms with Crippen LogP contribution in [0.4, 0.5) is 10.1 Å². The summed E-state index contributed by atoms with van der Waals surface area (Å²) in [5.74, 6) is 4.60. The van der Waals surface area contributed by atoms with Crippen molar-refractivity contribution in [2.75, 3.05) is 11.9 Å². The van der Waals surface area contributed by atoms with Crippen molar-refractivity contribution in [3.63, 3.8) is 0 Å². The van der Waals surface area contributed by atoms with Crippen LogP contribution in [0.15, 0.2) is 18.2 Å². The van der Waals surface area contributed by atoms with Crippen LogP contribution in [0.3, 0.4) is 0 Å². The van der Waals surface area contributed by atoms with Crippen molar-refractivity contribution in [2.45, 2.75) is 38.4 Å². The molecule has 5 heteroatoms. The second-order valence-electron chi connectivity index (χ2n) is 4.97. The number of aliphatic hydroxyl groups excluding tert-OH is 1. The number of nitrogens with one attached hydrogen (secondary N) is 1. The number of amides is 1. The average Bonchev–Trinajstić information content (AvgIpc) is 2.89. The van der Waals surface area contributed by atoms with Gasteiger partial charge in [-0.2, -0.15) is 0 Å². The molecule has 1 aliphatic heterocycles. The monoisotopic (exact) mass is 291 g/mol. The fourth-order valence-electron chi connectivity index (χ4n) is 2.12. The van der Waals surface area contributed by atoms with E-state index in [4.69, 9.17) is 9.84 Å². The zero-order chi connectivity index (χ0) is 15.2. The summed E-state index contributed by atoms with van der Waals surface area (Å²) < 4.78 is 19.4. The van der Waals surface area contributed by atoms with E-state index in [1.54, 1.807) is 6.07 Å². The number of halogens is 1. The fourth-order valence-corrected chi connectivity index (χ4v) is 2.12. The van der Waals surface area contributed by atoms with Crippen LogP contribution in [0.2, 0.25) is 0 Å². The maximum Gasteiger partial charge on any atom is 0.253 e. The third kappa shape index (κ3) is 4.28. The van der Waals surface area contributed by atoms with E-state index in [1.807, 2.05) is 6.92 Å². The van der Waals surface area contributed by atoms with Crippen molar-refractivity contribution < 1.29 is 19.0 Å².